The molecule has 1 aliphatic heterocycles. The molecule has 38 heavy (non-hydrogen) atoms. The van der Waals surface area contributed by atoms with Crippen molar-refractivity contribution in [2.45, 2.75) is 38.5 Å². The number of benzene rings is 3. The van der Waals surface area contributed by atoms with Gasteiger partial charge in [-0.05, 0) is 0 Å². The van der Waals surface area contributed by atoms with Gasteiger partial charge in [0.15, 0.2) is 0 Å². The van der Waals surface area contributed by atoms with Gasteiger partial charge in [0.25, 0.3) is 0 Å². The van der Waals surface area contributed by atoms with Crippen LogP contribution in [0.3, 0.4) is 0 Å². The molecule has 0 spiro atoms. The van der Waals surface area contributed by atoms with Crippen molar-refractivity contribution >= 4 is 46.2 Å². The molecule has 5 rings (SSSR count). The molecule has 2 heterocycles. The number of nitrogens with one attached hydrogen (secondary N) is 1. The van der Waals surface area contributed by atoms with Crippen LogP contribution in [0.2, 0.25) is 0 Å². The van der Waals surface area contributed by atoms with Gasteiger partial charge < -0.3 is 0 Å². The van der Waals surface area contributed by atoms with Crippen LogP contribution in [0.4, 0.5) is 5.69 Å². The van der Waals surface area contributed by atoms with Crippen LogP contribution >= 0.6 is 0 Å². The van der Waals surface area contributed by atoms with E-state index in [2.05, 4.69) is 67.1 Å². The first kappa shape index (κ1) is 26.6. The molecule has 196 valence electrons. The van der Waals surface area contributed by atoms with Crippen LogP contribution in [0.15, 0.2) is 90.3 Å². The van der Waals surface area contributed by atoms with Gasteiger partial charge >= 0.3 is 225 Å². The standard InChI is InChI=1S/C30H30N2O4SSe/c1-4-22(18-29-31(3)26-20-24(14-15-27(26)36-29)23-10-6-5-7-11-23)19-30-32(17-16-21(2)37(33,34)35)25-12-8-9-13-28(25)38-30/h5-15,18-21H,4,16-17H2,1-3H3/p+1. The topological polar surface area (TPSA) is 74.8 Å². The third-order valence-corrected chi connectivity index (χ3v) is 10.6. The zero-order valence-corrected chi connectivity index (χ0v) is 24.2. The van der Waals surface area contributed by atoms with E-state index in [9.17, 15) is 13.0 Å². The summed E-state index contributed by atoms with van der Waals surface area (Å²) in [6.45, 7) is 4.10. The summed E-state index contributed by atoms with van der Waals surface area (Å²) >= 11 is 0.0813. The van der Waals surface area contributed by atoms with Gasteiger partial charge in [-0.3, -0.25) is 0 Å². The van der Waals surface area contributed by atoms with Gasteiger partial charge in [-0.15, -0.1) is 0 Å². The summed E-state index contributed by atoms with van der Waals surface area (Å²) in [5, 5.41) is -0.927. The molecule has 1 aromatic heterocycles. The van der Waals surface area contributed by atoms with E-state index in [1.54, 1.807) is 0 Å². The van der Waals surface area contributed by atoms with E-state index in [0.29, 0.717) is 6.54 Å². The van der Waals surface area contributed by atoms with E-state index in [-0.39, 0.29) is 20.9 Å². The number of aryl methyl sites for hydroxylation is 1. The van der Waals surface area contributed by atoms with E-state index in [0.717, 1.165) is 49.9 Å². The van der Waals surface area contributed by atoms with Gasteiger partial charge in [-0.1, -0.05) is 6.07 Å². The number of hydrogen-bond acceptors (Lipinski definition) is 4. The number of allylic oxidation sites excluding steroid dienone is 2. The van der Waals surface area contributed by atoms with Crippen molar-refractivity contribution in [3.8, 4) is 16.9 Å². The van der Waals surface area contributed by atoms with Crippen LogP contribution in [0.5, 0.6) is 5.75 Å². The monoisotopic (exact) mass is 595 g/mol. The Hall–Kier alpha value is -3.00. The molecule has 4 aromatic rings. The first-order valence-electron chi connectivity index (χ1n) is 12.7. The molecule has 2 unspecified atom stereocenters. The van der Waals surface area contributed by atoms with Crippen LogP contribution in [0.1, 0.15) is 31.3 Å². The zero-order chi connectivity index (χ0) is 26.9. The summed E-state index contributed by atoms with van der Waals surface area (Å²) in [7, 11) is -2.21. The molecule has 1 aliphatic rings. The Morgan fingerprint density at radius 2 is 1.82 bits per heavy atom. The number of ether oxygens (including phenoxy) is 1. The molecule has 0 amide bonds. The van der Waals surface area contributed by atoms with Gasteiger partial charge in [-0.2, -0.15) is 0 Å². The minimum atomic E-state index is -4.31. The summed E-state index contributed by atoms with van der Waals surface area (Å²) in [5.74, 6) is 1.71. The molecular weight excluding hydrogens is 563 g/mol. The van der Waals surface area contributed by atoms with Crippen molar-refractivity contribution in [1.82, 2.24) is 0 Å². The average Bonchev–Trinajstić information content (AvgIpc) is 3.42. The Kier molecular flexibility index (Phi) is 7.70. The third kappa shape index (κ3) is 5.55. The molecule has 0 aliphatic carbocycles. The first-order valence-corrected chi connectivity index (χ1v) is 15.9. The summed E-state index contributed by atoms with van der Waals surface area (Å²) in [5.41, 5.74) is 5.67. The molecule has 0 bridgehead atoms. The SMILES string of the molecule is CCC(=Cc1[se]c2ccccc2[n+]1CCC(C)S(=O)(=O)[O-])C=C1Oc2ccc(-c3ccccc3)cc2[NH+]1C. The zero-order valence-electron chi connectivity index (χ0n) is 21.7. The van der Waals surface area contributed by atoms with E-state index < -0.39 is 15.4 Å². The normalized spacial score (nSPS) is 17.5. The molecule has 1 N–H and O–H groups in total. The summed E-state index contributed by atoms with van der Waals surface area (Å²) in [6, 6.07) is 24.9. The van der Waals surface area contributed by atoms with E-state index >= 15 is 0 Å². The minimum absolute atomic E-state index is 0.0813. The second kappa shape index (κ2) is 11.0. The summed E-state index contributed by atoms with van der Waals surface area (Å²) < 4.78 is 45.3. The number of rotatable bonds is 8. The average molecular weight is 595 g/mol. The molecule has 0 fully saturated rings. The molecule has 8 heteroatoms. The fourth-order valence-corrected chi connectivity index (χ4v) is 7.44. The molecule has 2 atom stereocenters. The second-order valence-corrected chi connectivity index (χ2v) is 13.6. The van der Waals surface area contributed by atoms with Crippen LogP contribution in [0, 0.1) is 0 Å². The summed E-state index contributed by atoms with van der Waals surface area (Å²) in [4.78, 5) is 1.11. The maximum absolute atomic E-state index is 11.5. The van der Waals surface area contributed by atoms with Crippen molar-refractivity contribution in [2.75, 3.05) is 7.05 Å². The Labute approximate surface area is 230 Å². The Morgan fingerprint density at radius 1 is 1.08 bits per heavy atom. The predicted molar refractivity (Wildman–Crippen MR) is 150 cm³/mol. The van der Waals surface area contributed by atoms with Crippen molar-refractivity contribution in [2.24, 2.45) is 0 Å². The van der Waals surface area contributed by atoms with Gasteiger partial charge in [0.2, 0.25) is 0 Å². The van der Waals surface area contributed by atoms with Gasteiger partial charge in [0, 0.05) is 0 Å². The quantitative estimate of drug-likeness (QED) is 0.190. The predicted octanol–water partition coefficient (Wildman–Crippen LogP) is 4.05. The number of fused-ring (bicyclic) bond motifs is 2. The van der Waals surface area contributed by atoms with Crippen LogP contribution < -0.4 is 14.2 Å². The number of nitrogens with zero attached hydrogens (tertiary/aromatic N) is 1. The molecule has 0 saturated heterocycles. The van der Waals surface area contributed by atoms with Crippen molar-refractivity contribution in [1.29, 1.82) is 0 Å². The Bertz CT molecular complexity index is 1640. The van der Waals surface area contributed by atoms with Crippen LogP contribution in [-0.2, 0) is 16.7 Å². The molecule has 0 saturated carbocycles. The van der Waals surface area contributed by atoms with E-state index in [1.165, 1.54) is 16.7 Å². The third-order valence-electron chi connectivity index (χ3n) is 7.00. The van der Waals surface area contributed by atoms with Crippen molar-refractivity contribution in [3.05, 3.63) is 94.9 Å². The fraction of sp³-hybridized carbons (Fsp3) is 0.233. The van der Waals surface area contributed by atoms with Gasteiger partial charge in [0.1, 0.15) is 0 Å². The van der Waals surface area contributed by atoms with E-state index in [1.807, 2.05) is 36.4 Å². The summed E-state index contributed by atoms with van der Waals surface area (Å²) in [6.07, 6.45) is 5.43. The maximum atomic E-state index is 11.5. The van der Waals surface area contributed by atoms with Gasteiger partial charge in [0.05, 0.1) is 0 Å². The number of hydrogen-bond donors (Lipinski definition) is 1. The number of quaternary nitrogens is 1. The molecule has 3 aromatic carbocycles. The molecule has 0 radical (unpaired) electrons. The Morgan fingerprint density at radius 3 is 2.55 bits per heavy atom. The number of para-hydroxylation sites is 1. The number of aromatic nitrogens is 1. The molecule has 6 nitrogen and oxygen atoms in total. The van der Waals surface area contributed by atoms with Crippen LogP contribution in [-0.4, -0.2) is 39.8 Å². The first-order chi connectivity index (χ1) is 18.2. The van der Waals surface area contributed by atoms with Gasteiger partial charge in [-0.25, -0.2) is 0 Å². The Balaban J connectivity index is 1.46. The fourth-order valence-electron chi connectivity index (χ4n) is 4.61. The second-order valence-electron chi connectivity index (χ2n) is 9.54. The van der Waals surface area contributed by atoms with E-state index in [4.69, 9.17) is 4.74 Å². The van der Waals surface area contributed by atoms with Crippen LogP contribution in [0.25, 0.3) is 27.0 Å². The van der Waals surface area contributed by atoms with Crippen molar-refractivity contribution < 1.29 is 27.2 Å². The van der Waals surface area contributed by atoms with Crippen molar-refractivity contribution in [3.63, 3.8) is 0 Å². The molecular formula is C30H31N2O4SSe+.